The Labute approximate surface area is 156 Å². The number of nitrogens with zero attached hydrogens (tertiary/aromatic N) is 4. The number of carbonyl (C=O) groups is 1. The Morgan fingerprint density at radius 2 is 2.00 bits per heavy atom. The number of methoxy groups -OCH3 is 1. The van der Waals surface area contributed by atoms with Gasteiger partial charge in [-0.05, 0) is 38.1 Å². The summed E-state index contributed by atoms with van der Waals surface area (Å²) in [6, 6.07) is 7.31. The number of hydrogen-bond donors (Lipinski definition) is 1. The van der Waals surface area contributed by atoms with Crippen LogP contribution >= 0.6 is 0 Å². The summed E-state index contributed by atoms with van der Waals surface area (Å²) in [6.45, 7) is 5.66. The van der Waals surface area contributed by atoms with E-state index in [-0.39, 0.29) is 11.7 Å². The third-order valence-corrected chi connectivity index (χ3v) is 4.19. The molecular formula is C18H23N5O4. The largest absolute Gasteiger partial charge is 0.494 e. The summed E-state index contributed by atoms with van der Waals surface area (Å²) in [7, 11) is 1.54. The number of amides is 1. The SMILES string of the molecule is CCOc1ccc(N2CCn3c2nnc(C(=O)NC(C)COC)c3=O)cc1. The zero-order valence-corrected chi connectivity index (χ0v) is 15.6. The summed E-state index contributed by atoms with van der Waals surface area (Å²) < 4.78 is 11.9. The zero-order valence-electron chi connectivity index (χ0n) is 15.6. The van der Waals surface area contributed by atoms with E-state index in [4.69, 9.17) is 9.47 Å². The van der Waals surface area contributed by atoms with Gasteiger partial charge in [-0.2, -0.15) is 0 Å². The minimum atomic E-state index is -0.549. The van der Waals surface area contributed by atoms with Crippen molar-refractivity contribution in [2.75, 3.05) is 31.8 Å². The van der Waals surface area contributed by atoms with Crippen LogP contribution in [0.5, 0.6) is 5.75 Å². The van der Waals surface area contributed by atoms with Crippen molar-refractivity contribution in [1.29, 1.82) is 0 Å². The minimum absolute atomic E-state index is 0.213. The lowest BCUT2D eigenvalue weighted by Gasteiger charge is -2.17. The highest BCUT2D eigenvalue weighted by molar-refractivity contribution is 5.92. The van der Waals surface area contributed by atoms with Crippen molar-refractivity contribution < 1.29 is 14.3 Å². The second-order valence-corrected chi connectivity index (χ2v) is 6.21. The molecule has 9 nitrogen and oxygen atoms in total. The first-order valence-corrected chi connectivity index (χ1v) is 8.82. The molecule has 0 saturated carbocycles. The topological polar surface area (TPSA) is 98.6 Å². The molecule has 1 atom stereocenters. The Bertz CT molecular complexity index is 865. The molecule has 3 rings (SSSR count). The second kappa shape index (κ2) is 8.17. The maximum Gasteiger partial charge on any atom is 0.286 e. The average Bonchev–Trinajstić information content (AvgIpc) is 3.08. The summed E-state index contributed by atoms with van der Waals surface area (Å²) in [5.41, 5.74) is 0.218. The molecule has 1 N–H and O–H groups in total. The highest BCUT2D eigenvalue weighted by Crippen LogP contribution is 2.28. The zero-order chi connectivity index (χ0) is 19.4. The highest BCUT2D eigenvalue weighted by Gasteiger charge is 2.27. The molecule has 1 unspecified atom stereocenters. The van der Waals surface area contributed by atoms with Gasteiger partial charge in [0.2, 0.25) is 11.6 Å². The molecule has 9 heteroatoms. The Hall–Kier alpha value is -2.94. The van der Waals surface area contributed by atoms with Gasteiger partial charge in [0.25, 0.3) is 11.5 Å². The van der Waals surface area contributed by atoms with Crippen LogP contribution in [0, 0.1) is 0 Å². The van der Waals surface area contributed by atoms with E-state index in [2.05, 4.69) is 15.5 Å². The van der Waals surface area contributed by atoms with Gasteiger partial charge in [-0.3, -0.25) is 14.2 Å². The molecule has 0 bridgehead atoms. The quantitative estimate of drug-likeness (QED) is 0.771. The molecule has 1 aromatic carbocycles. The van der Waals surface area contributed by atoms with E-state index in [9.17, 15) is 9.59 Å². The standard InChI is InChI=1S/C18H23N5O4/c1-4-27-14-7-5-13(6-8-14)22-9-10-23-17(25)15(20-21-18(22)23)16(24)19-12(2)11-26-3/h5-8,12H,4,9-11H2,1-3H3,(H,19,24). The molecule has 27 heavy (non-hydrogen) atoms. The maximum atomic E-state index is 12.7. The Kier molecular flexibility index (Phi) is 5.70. The van der Waals surface area contributed by atoms with Crippen LogP contribution in [-0.4, -0.2) is 53.6 Å². The van der Waals surface area contributed by atoms with Crippen molar-refractivity contribution in [1.82, 2.24) is 20.1 Å². The molecule has 1 amide bonds. The Balaban J connectivity index is 1.83. The molecule has 1 aliphatic heterocycles. The van der Waals surface area contributed by atoms with Gasteiger partial charge >= 0.3 is 0 Å². The molecule has 2 aromatic rings. The lowest BCUT2D eigenvalue weighted by Crippen LogP contribution is -2.40. The lowest BCUT2D eigenvalue weighted by atomic mass is 10.3. The molecule has 2 heterocycles. The van der Waals surface area contributed by atoms with Crippen LogP contribution in [0.2, 0.25) is 0 Å². The first kappa shape index (κ1) is 18.8. The van der Waals surface area contributed by atoms with Crippen LogP contribution in [0.3, 0.4) is 0 Å². The molecule has 0 spiro atoms. The molecule has 1 aliphatic rings. The smallest absolute Gasteiger partial charge is 0.286 e. The first-order chi connectivity index (χ1) is 13.0. The molecule has 1 aromatic heterocycles. The third-order valence-electron chi connectivity index (χ3n) is 4.19. The maximum absolute atomic E-state index is 12.7. The van der Waals surface area contributed by atoms with Gasteiger partial charge in [-0.15, -0.1) is 10.2 Å². The average molecular weight is 373 g/mol. The summed E-state index contributed by atoms with van der Waals surface area (Å²) in [6.07, 6.45) is 0. The van der Waals surface area contributed by atoms with Crippen molar-refractivity contribution in [3.63, 3.8) is 0 Å². The van der Waals surface area contributed by atoms with Crippen molar-refractivity contribution in [2.45, 2.75) is 26.4 Å². The molecular weight excluding hydrogens is 350 g/mol. The van der Waals surface area contributed by atoms with E-state index in [1.165, 1.54) is 4.57 Å². The molecule has 0 fully saturated rings. The monoisotopic (exact) mass is 373 g/mol. The van der Waals surface area contributed by atoms with E-state index in [0.717, 1.165) is 11.4 Å². The van der Waals surface area contributed by atoms with E-state index in [1.54, 1.807) is 14.0 Å². The lowest BCUT2D eigenvalue weighted by molar-refractivity contribution is 0.0897. The van der Waals surface area contributed by atoms with Crippen LogP contribution in [0.25, 0.3) is 0 Å². The van der Waals surface area contributed by atoms with Gasteiger partial charge < -0.3 is 19.7 Å². The molecule has 0 aliphatic carbocycles. The minimum Gasteiger partial charge on any atom is -0.494 e. The van der Waals surface area contributed by atoms with Gasteiger partial charge in [0, 0.05) is 31.9 Å². The van der Waals surface area contributed by atoms with Gasteiger partial charge in [0.1, 0.15) is 5.75 Å². The number of hydrogen-bond acceptors (Lipinski definition) is 7. The van der Waals surface area contributed by atoms with E-state index in [1.807, 2.05) is 36.1 Å². The molecule has 0 saturated heterocycles. The van der Waals surface area contributed by atoms with Crippen LogP contribution in [0.4, 0.5) is 11.6 Å². The fourth-order valence-electron chi connectivity index (χ4n) is 2.97. The van der Waals surface area contributed by atoms with Crippen molar-refractivity contribution in [3.8, 4) is 5.75 Å². The van der Waals surface area contributed by atoms with Crippen molar-refractivity contribution in [3.05, 3.63) is 40.3 Å². The van der Waals surface area contributed by atoms with Gasteiger partial charge in [-0.1, -0.05) is 0 Å². The summed E-state index contributed by atoms with van der Waals surface area (Å²) in [5.74, 6) is 0.652. The number of rotatable bonds is 7. The second-order valence-electron chi connectivity index (χ2n) is 6.21. The summed E-state index contributed by atoms with van der Waals surface area (Å²) >= 11 is 0. The fraction of sp³-hybridized carbons (Fsp3) is 0.444. The summed E-state index contributed by atoms with van der Waals surface area (Å²) in [4.78, 5) is 26.9. The molecule has 144 valence electrons. The van der Waals surface area contributed by atoms with Crippen LogP contribution < -0.4 is 20.5 Å². The number of ether oxygens (including phenoxy) is 2. The number of carbonyl (C=O) groups excluding carboxylic acids is 1. The van der Waals surface area contributed by atoms with Crippen molar-refractivity contribution >= 4 is 17.5 Å². The number of fused-ring (bicyclic) bond motifs is 1. The number of aromatic nitrogens is 3. The van der Waals surface area contributed by atoms with Gasteiger partial charge in [0.15, 0.2) is 0 Å². The van der Waals surface area contributed by atoms with Crippen LogP contribution in [0.15, 0.2) is 29.1 Å². The predicted octanol–water partition coefficient (Wildman–Crippen LogP) is 0.953. The predicted molar refractivity (Wildman–Crippen MR) is 99.7 cm³/mol. The van der Waals surface area contributed by atoms with E-state index < -0.39 is 11.5 Å². The van der Waals surface area contributed by atoms with E-state index >= 15 is 0 Å². The number of nitrogens with one attached hydrogen (secondary N) is 1. The van der Waals surface area contributed by atoms with Crippen LogP contribution in [0.1, 0.15) is 24.3 Å². The fourth-order valence-corrected chi connectivity index (χ4v) is 2.97. The molecule has 0 radical (unpaired) electrons. The normalized spacial score (nSPS) is 14.0. The van der Waals surface area contributed by atoms with Gasteiger partial charge in [0.05, 0.1) is 13.2 Å². The van der Waals surface area contributed by atoms with Crippen molar-refractivity contribution in [2.24, 2.45) is 0 Å². The van der Waals surface area contributed by atoms with E-state index in [0.29, 0.717) is 32.3 Å². The third kappa shape index (κ3) is 3.92. The first-order valence-electron chi connectivity index (χ1n) is 8.82. The number of anilines is 2. The Morgan fingerprint density at radius 1 is 1.26 bits per heavy atom. The van der Waals surface area contributed by atoms with Gasteiger partial charge in [-0.25, -0.2) is 0 Å². The summed E-state index contributed by atoms with van der Waals surface area (Å²) in [5, 5.41) is 10.7. The number of benzene rings is 1. The Morgan fingerprint density at radius 3 is 2.67 bits per heavy atom. The van der Waals surface area contributed by atoms with Crippen LogP contribution in [-0.2, 0) is 11.3 Å². The highest BCUT2D eigenvalue weighted by atomic mass is 16.5.